The Labute approximate surface area is 177 Å². The number of ether oxygens (including phenoxy) is 2. The Morgan fingerprint density at radius 3 is 2.61 bits per heavy atom. The smallest absolute Gasteiger partial charge is 0.277 e. The Kier molecular flexibility index (Phi) is 4.28. The molecule has 0 aliphatic carbocycles. The molecule has 0 fully saturated rings. The lowest BCUT2D eigenvalue weighted by Gasteiger charge is -2.26. The van der Waals surface area contributed by atoms with Crippen LogP contribution in [0, 0.1) is 5.92 Å². The van der Waals surface area contributed by atoms with Gasteiger partial charge < -0.3 is 24.0 Å². The lowest BCUT2D eigenvalue weighted by molar-refractivity contribution is -0.140. The molecular weight excluding hydrogens is 400 g/mol. The number of hydrogen-bond acceptors (Lipinski definition) is 7. The van der Waals surface area contributed by atoms with Gasteiger partial charge in [0, 0.05) is 16.8 Å². The number of rotatable bonds is 5. The quantitative estimate of drug-likeness (QED) is 0.638. The van der Waals surface area contributed by atoms with Crippen LogP contribution in [-0.4, -0.2) is 31.6 Å². The lowest BCUT2D eigenvalue weighted by Crippen LogP contribution is -2.46. The summed E-state index contributed by atoms with van der Waals surface area (Å²) in [5.74, 6) is -0.844. The van der Waals surface area contributed by atoms with Crippen LogP contribution >= 0.6 is 0 Å². The Morgan fingerprint density at radius 1 is 1.06 bits per heavy atom. The molecule has 1 amide bonds. The Morgan fingerprint density at radius 2 is 1.87 bits per heavy atom. The third-order valence-corrected chi connectivity index (χ3v) is 5.59. The van der Waals surface area contributed by atoms with Crippen LogP contribution in [-0.2, 0) is 15.2 Å². The number of anilines is 1. The van der Waals surface area contributed by atoms with Gasteiger partial charge in [0.25, 0.3) is 11.5 Å². The van der Waals surface area contributed by atoms with Crippen LogP contribution in [0.1, 0.15) is 21.7 Å². The number of methoxy groups -OCH3 is 2. The highest BCUT2D eigenvalue weighted by molar-refractivity contribution is 6.24. The van der Waals surface area contributed by atoms with Crippen molar-refractivity contribution in [2.24, 2.45) is 11.1 Å². The standard InChI is InChI=1S/C23H18N2O6/c1-28-16-10-9-13(12-18(16)29-2)20-19(21(26)17-8-5-11-30-17)23(31-25-20)14-6-3-4-7-15(14)24-22(23)27/h3-12,19H,1-2H3,(H,24,27)/t19-,23+/m0/s1. The van der Waals surface area contributed by atoms with E-state index < -0.39 is 23.2 Å². The number of carbonyl (C=O) groups excluding carboxylic acids is 2. The van der Waals surface area contributed by atoms with Gasteiger partial charge in [0.1, 0.15) is 11.6 Å². The highest BCUT2D eigenvalue weighted by atomic mass is 16.7. The van der Waals surface area contributed by atoms with Crippen LogP contribution in [0.4, 0.5) is 5.69 Å². The van der Waals surface area contributed by atoms with Crippen molar-refractivity contribution in [1.82, 2.24) is 0 Å². The summed E-state index contributed by atoms with van der Waals surface area (Å²) in [6.07, 6.45) is 1.41. The topological polar surface area (TPSA) is 99.4 Å². The number of Topliss-reactive ketones (excluding diaryl/α,β-unsaturated/α-hetero) is 1. The molecule has 3 aromatic rings. The summed E-state index contributed by atoms with van der Waals surface area (Å²) in [6.45, 7) is 0. The monoisotopic (exact) mass is 418 g/mol. The van der Waals surface area contributed by atoms with Gasteiger partial charge in [-0.05, 0) is 36.4 Å². The molecule has 31 heavy (non-hydrogen) atoms. The van der Waals surface area contributed by atoms with E-state index in [1.165, 1.54) is 20.5 Å². The van der Waals surface area contributed by atoms with E-state index in [2.05, 4.69) is 10.5 Å². The van der Waals surface area contributed by atoms with Crippen molar-refractivity contribution in [2.75, 3.05) is 19.5 Å². The second kappa shape index (κ2) is 7.02. The van der Waals surface area contributed by atoms with Gasteiger partial charge in [-0.15, -0.1) is 0 Å². The summed E-state index contributed by atoms with van der Waals surface area (Å²) in [7, 11) is 3.05. The molecule has 2 aromatic carbocycles. The average Bonchev–Trinajstić information content (AvgIpc) is 3.53. The number of amides is 1. The molecule has 3 heterocycles. The summed E-state index contributed by atoms with van der Waals surface area (Å²) in [5, 5.41) is 7.04. The van der Waals surface area contributed by atoms with Crippen molar-refractivity contribution in [2.45, 2.75) is 5.60 Å². The largest absolute Gasteiger partial charge is 0.493 e. The van der Waals surface area contributed by atoms with Gasteiger partial charge in [0.15, 0.2) is 17.3 Å². The zero-order valence-electron chi connectivity index (χ0n) is 16.7. The second-order valence-corrected chi connectivity index (χ2v) is 7.15. The van der Waals surface area contributed by atoms with Crippen LogP contribution in [0.5, 0.6) is 11.5 Å². The zero-order chi connectivity index (χ0) is 21.6. The maximum Gasteiger partial charge on any atom is 0.277 e. The number of para-hydroxylation sites is 1. The van der Waals surface area contributed by atoms with Crippen molar-refractivity contribution in [3.05, 3.63) is 77.7 Å². The molecule has 1 aromatic heterocycles. The average molecular weight is 418 g/mol. The molecule has 0 radical (unpaired) electrons. The number of hydrogen-bond donors (Lipinski definition) is 1. The molecule has 1 spiro atoms. The summed E-state index contributed by atoms with van der Waals surface area (Å²) in [4.78, 5) is 32.6. The molecule has 0 saturated heterocycles. The third-order valence-electron chi connectivity index (χ3n) is 5.59. The van der Waals surface area contributed by atoms with Crippen LogP contribution in [0.15, 0.2) is 70.4 Å². The normalized spacial score (nSPS) is 21.3. The minimum Gasteiger partial charge on any atom is -0.493 e. The van der Waals surface area contributed by atoms with Crippen molar-refractivity contribution in [1.29, 1.82) is 0 Å². The van der Waals surface area contributed by atoms with E-state index in [4.69, 9.17) is 18.7 Å². The lowest BCUT2D eigenvalue weighted by atomic mass is 9.75. The number of nitrogens with one attached hydrogen (secondary N) is 1. The van der Waals surface area contributed by atoms with E-state index >= 15 is 0 Å². The SMILES string of the molecule is COc1ccc(C2=NO[C@@]3(C(=O)Nc4ccccc43)[C@@H]2C(=O)c2ccco2)cc1OC. The fourth-order valence-corrected chi connectivity index (χ4v) is 4.13. The summed E-state index contributed by atoms with van der Waals surface area (Å²) in [5.41, 5.74) is 0.353. The minimum atomic E-state index is -1.64. The number of carbonyl (C=O) groups is 2. The van der Waals surface area contributed by atoms with Crippen molar-refractivity contribution < 1.29 is 28.3 Å². The first-order valence-corrected chi connectivity index (χ1v) is 9.57. The molecule has 2 aliphatic rings. The minimum absolute atomic E-state index is 0.111. The predicted octanol–water partition coefficient (Wildman–Crippen LogP) is 3.38. The molecule has 2 atom stereocenters. The van der Waals surface area contributed by atoms with Gasteiger partial charge in [-0.2, -0.15) is 0 Å². The highest BCUT2D eigenvalue weighted by Gasteiger charge is 2.63. The molecular formula is C23H18N2O6. The first-order valence-electron chi connectivity index (χ1n) is 9.57. The number of benzene rings is 2. The van der Waals surface area contributed by atoms with Crippen molar-refractivity contribution >= 4 is 23.1 Å². The zero-order valence-corrected chi connectivity index (χ0v) is 16.7. The van der Waals surface area contributed by atoms with Gasteiger partial charge in [-0.1, -0.05) is 23.4 Å². The molecule has 8 nitrogen and oxygen atoms in total. The summed E-state index contributed by atoms with van der Waals surface area (Å²) >= 11 is 0. The molecule has 0 saturated carbocycles. The van der Waals surface area contributed by atoms with E-state index in [9.17, 15) is 9.59 Å². The Hall–Kier alpha value is -4.07. The number of ketones is 1. The molecule has 8 heteroatoms. The summed E-state index contributed by atoms with van der Waals surface area (Å²) in [6, 6.07) is 15.4. The van der Waals surface area contributed by atoms with Crippen molar-refractivity contribution in [3.8, 4) is 11.5 Å². The maximum atomic E-state index is 13.6. The van der Waals surface area contributed by atoms with E-state index in [0.29, 0.717) is 34.0 Å². The van der Waals surface area contributed by atoms with E-state index in [1.807, 2.05) is 0 Å². The predicted molar refractivity (Wildman–Crippen MR) is 110 cm³/mol. The molecule has 156 valence electrons. The van der Waals surface area contributed by atoms with Gasteiger partial charge in [-0.3, -0.25) is 9.59 Å². The highest BCUT2D eigenvalue weighted by Crippen LogP contribution is 2.50. The van der Waals surface area contributed by atoms with Crippen LogP contribution in [0.2, 0.25) is 0 Å². The Bertz CT molecular complexity index is 1220. The van der Waals surface area contributed by atoms with Crippen LogP contribution in [0.3, 0.4) is 0 Å². The van der Waals surface area contributed by atoms with E-state index in [0.717, 1.165) is 0 Å². The number of furan rings is 1. The molecule has 1 N–H and O–H groups in total. The molecule has 5 rings (SSSR count). The van der Waals surface area contributed by atoms with Gasteiger partial charge >= 0.3 is 0 Å². The molecule has 0 unspecified atom stereocenters. The van der Waals surface area contributed by atoms with E-state index in [1.54, 1.807) is 54.6 Å². The van der Waals surface area contributed by atoms with Crippen LogP contribution in [0.25, 0.3) is 0 Å². The first kappa shape index (κ1) is 18.9. The number of fused-ring (bicyclic) bond motifs is 2. The molecule has 2 aliphatic heterocycles. The van der Waals surface area contributed by atoms with Crippen LogP contribution < -0.4 is 14.8 Å². The number of nitrogens with zero attached hydrogens (tertiary/aromatic N) is 1. The van der Waals surface area contributed by atoms with Gasteiger partial charge in [0.05, 0.1) is 20.5 Å². The first-order chi connectivity index (χ1) is 15.1. The fourth-order valence-electron chi connectivity index (χ4n) is 4.13. The van der Waals surface area contributed by atoms with Gasteiger partial charge in [0.2, 0.25) is 5.78 Å². The van der Waals surface area contributed by atoms with Crippen molar-refractivity contribution in [3.63, 3.8) is 0 Å². The summed E-state index contributed by atoms with van der Waals surface area (Å²) < 4.78 is 16.1. The Balaban J connectivity index is 1.68. The molecule has 0 bridgehead atoms. The van der Waals surface area contributed by atoms with E-state index in [-0.39, 0.29) is 5.76 Å². The number of oxime groups is 1. The second-order valence-electron chi connectivity index (χ2n) is 7.15. The maximum absolute atomic E-state index is 13.6. The fraction of sp³-hybridized carbons (Fsp3) is 0.174. The third kappa shape index (κ3) is 2.64. The van der Waals surface area contributed by atoms with Gasteiger partial charge in [-0.25, -0.2) is 0 Å².